The van der Waals surface area contributed by atoms with Crippen LogP contribution in [0, 0.1) is 15.9 Å². The average Bonchev–Trinajstić information content (AvgIpc) is 2.38. The van der Waals surface area contributed by atoms with Crippen LogP contribution in [0.2, 0.25) is 10.0 Å². The summed E-state index contributed by atoms with van der Waals surface area (Å²) in [6.45, 7) is 0.245. The van der Waals surface area contributed by atoms with Crippen LogP contribution in [-0.2, 0) is 6.54 Å². The number of non-ortho nitro benzene ring substituents is 1. The quantitative estimate of drug-likeness (QED) is 0.660. The summed E-state index contributed by atoms with van der Waals surface area (Å²) in [5.41, 5.74) is 0.826. The second-order valence-electron chi connectivity index (χ2n) is 4.01. The summed E-state index contributed by atoms with van der Waals surface area (Å²) in [6, 6.07) is 8.40. The molecular weight excluding hydrogens is 306 g/mol. The molecule has 2 aromatic carbocycles. The fraction of sp³-hybridized carbons (Fsp3) is 0.0769. The summed E-state index contributed by atoms with van der Waals surface area (Å²) in [7, 11) is 0. The standard InChI is InChI=1S/C13H9Cl2FN2O2/c14-9-2-4-13(12(16)5-9)17-7-8-1-3-10(18(19)20)6-11(8)15/h1-6,17H,7H2. The van der Waals surface area contributed by atoms with Crippen LogP contribution in [0.5, 0.6) is 0 Å². The van der Waals surface area contributed by atoms with E-state index in [0.717, 1.165) is 0 Å². The molecule has 0 saturated carbocycles. The van der Waals surface area contributed by atoms with Gasteiger partial charge in [0.25, 0.3) is 5.69 Å². The maximum absolute atomic E-state index is 13.6. The molecule has 1 N–H and O–H groups in total. The van der Waals surface area contributed by atoms with E-state index in [1.165, 1.54) is 30.3 Å². The van der Waals surface area contributed by atoms with Gasteiger partial charge in [-0.3, -0.25) is 10.1 Å². The summed E-state index contributed by atoms with van der Waals surface area (Å²) in [6.07, 6.45) is 0. The molecule has 0 bridgehead atoms. The lowest BCUT2D eigenvalue weighted by Crippen LogP contribution is -2.02. The molecule has 0 fully saturated rings. The molecular formula is C13H9Cl2FN2O2. The fourth-order valence-corrected chi connectivity index (χ4v) is 2.02. The van der Waals surface area contributed by atoms with Gasteiger partial charge in [-0.05, 0) is 29.8 Å². The molecule has 2 aromatic rings. The second-order valence-corrected chi connectivity index (χ2v) is 4.85. The summed E-state index contributed by atoms with van der Waals surface area (Å²) >= 11 is 11.6. The maximum Gasteiger partial charge on any atom is 0.270 e. The third-order valence-corrected chi connectivity index (χ3v) is 3.23. The zero-order valence-electron chi connectivity index (χ0n) is 10.1. The molecule has 0 aliphatic carbocycles. The molecule has 0 radical (unpaired) electrons. The van der Waals surface area contributed by atoms with E-state index in [4.69, 9.17) is 23.2 Å². The molecule has 0 atom stereocenters. The van der Waals surface area contributed by atoms with E-state index >= 15 is 0 Å². The van der Waals surface area contributed by atoms with Crippen LogP contribution < -0.4 is 5.32 Å². The van der Waals surface area contributed by atoms with Crippen molar-refractivity contribution < 1.29 is 9.31 Å². The zero-order valence-corrected chi connectivity index (χ0v) is 11.6. The third-order valence-electron chi connectivity index (χ3n) is 2.65. The van der Waals surface area contributed by atoms with E-state index in [1.54, 1.807) is 6.07 Å². The Labute approximate surface area is 124 Å². The lowest BCUT2D eigenvalue weighted by molar-refractivity contribution is -0.384. The number of benzene rings is 2. The van der Waals surface area contributed by atoms with Gasteiger partial charge in [-0.2, -0.15) is 0 Å². The highest BCUT2D eigenvalue weighted by Gasteiger charge is 2.10. The summed E-state index contributed by atoms with van der Waals surface area (Å²) < 4.78 is 13.6. The van der Waals surface area contributed by atoms with Gasteiger partial charge >= 0.3 is 0 Å². The third kappa shape index (κ3) is 3.37. The molecule has 0 spiro atoms. The molecule has 20 heavy (non-hydrogen) atoms. The number of nitro benzene ring substituents is 1. The molecule has 104 valence electrons. The van der Waals surface area contributed by atoms with Crippen molar-refractivity contribution in [2.75, 3.05) is 5.32 Å². The largest absolute Gasteiger partial charge is 0.379 e. The summed E-state index contributed by atoms with van der Waals surface area (Å²) in [4.78, 5) is 10.1. The van der Waals surface area contributed by atoms with Crippen molar-refractivity contribution in [3.8, 4) is 0 Å². The van der Waals surface area contributed by atoms with Gasteiger partial charge in [-0.25, -0.2) is 4.39 Å². The Morgan fingerprint density at radius 3 is 2.55 bits per heavy atom. The number of hydrogen-bond donors (Lipinski definition) is 1. The monoisotopic (exact) mass is 314 g/mol. The van der Waals surface area contributed by atoms with Crippen molar-refractivity contribution in [1.29, 1.82) is 0 Å². The summed E-state index contributed by atoms with van der Waals surface area (Å²) in [5.74, 6) is -0.476. The molecule has 0 saturated heterocycles. The van der Waals surface area contributed by atoms with Crippen LogP contribution in [-0.4, -0.2) is 4.92 Å². The molecule has 0 amide bonds. The number of hydrogen-bond acceptors (Lipinski definition) is 3. The minimum Gasteiger partial charge on any atom is -0.379 e. The number of nitrogens with zero attached hydrogens (tertiary/aromatic N) is 1. The van der Waals surface area contributed by atoms with Gasteiger partial charge < -0.3 is 5.32 Å². The van der Waals surface area contributed by atoms with Crippen molar-refractivity contribution in [1.82, 2.24) is 0 Å². The Hall–Kier alpha value is -1.85. The Kier molecular flexibility index (Phi) is 4.42. The number of nitro groups is 1. The first-order chi connectivity index (χ1) is 9.47. The Morgan fingerprint density at radius 2 is 1.95 bits per heavy atom. The van der Waals surface area contributed by atoms with Crippen molar-refractivity contribution in [3.63, 3.8) is 0 Å². The molecule has 0 heterocycles. The lowest BCUT2D eigenvalue weighted by atomic mass is 10.2. The van der Waals surface area contributed by atoms with Crippen LogP contribution >= 0.6 is 23.2 Å². The first kappa shape index (κ1) is 14.6. The van der Waals surface area contributed by atoms with E-state index in [2.05, 4.69) is 5.32 Å². The van der Waals surface area contributed by atoms with E-state index in [9.17, 15) is 14.5 Å². The van der Waals surface area contributed by atoms with Gasteiger partial charge in [-0.1, -0.05) is 23.2 Å². The van der Waals surface area contributed by atoms with Crippen molar-refractivity contribution in [2.45, 2.75) is 6.54 Å². The number of anilines is 1. The molecule has 0 unspecified atom stereocenters. The normalized spacial score (nSPS) is 10.3. The van der Waals surface area contributed by atoms with Gasteiger partial charge in [0, 0.05) is 23.7 Å². The molecule has 0 aliphatic heterocycles. The smallest absolute Gasteiger partial charge is 0.270 e. The summed E-state index contributed by atoms with van der Waals surface area (Å²) in [5, 5.41) is 14.0. The average molecular weight is 315 g/mol. The Balaban J connectivity index is 2.13. The van der Waals surface area contributed by atoms with Gasteiger partial charge in [0.15, 0.2) is 0 Å². The van der Waals surface area contributed by atoms with Crippen LogP contribution in [0.15, 0.2) is 36.4 Å². The van der Waals surface area contributed by atoms with Gasteiger partial charge in [0.2, 0.25) is 0 Å². The first-order valence-corrected chi connectivity index (χ1v) is 6.34. The highest BCUT2D eigenvalue weighted by atomic mass is 35.5. The highest BCUT2D eigenvalue weighted by molar-refractivity contribution is 6.31. The van der Waals surface area contributed by atoms with Gasteiger partial charge in [0.05, 0.1) is 15.6 Å². The second kappa shape index (κ2) is 6.07. The topological polar surface area (TPSA) is 55.2 Å². The lowest BCUT2D eigenvalue weighted by Gasteiger charge is -2.09. The van der Waals surface area contributed by atoms with E-state index in [0.29, 0.717) is 10.6 Å². The van der Waals surface area contributed by atoms with E-state index < -0.39 is 10.7 Å². The fourth-order valence-electron chi connectivity index (χ4n) is 1.62. The predicted octanol–water partition coefficient (Wildman–Crippen LogP) is 4.65. The number of rotatable bonds is 4. The molecule has 0 aromatic heterocycles. The van der Waals surface area contributed by atoms with E-state index in [1.807, 2.05) is 0 Å². The molecule has 4 nitrogen and oxygen atoms in total. The highest BCUT2D eigenvalue weighted by Crippen LogP contribution is 2.24. The molecule has 7 heteroatoms. The Morgan fingerprint density at radius 1 is 1.20 bits per heavy atom. The van der Waals surface area contributed by atoms with Crippen LogP contribution in [0.25, 0.3) is 0 Å². The van der Waals surface area contributed by atoms with Crippen LogP contribution in [0.3, 0.4) is 0 Å². The van der Waals surface area contributed by atoms with Crippen molar-refractivity contribution in [3.05, 3.63) is 67.9 Å². The SMILES string of the molecule is O=[N+]([O-])c1ccc(CNc2ccc(Cl)cc2F)c(Cl)c1. The Bertz CT molecular complexity index is 665. The number of halogens is 3. The van der Waals surface area contributed by atoms with Crippen molar-refractivity contribution >= 4 is 34.6 Å². The van der Waals surface area contributed by atoms with E-state index in [-0.39, 0.29) is 22.9 Å². The first-order valence-electron chi connectivity index (χ1n) is 5.59. The van der Waals surface area contributed by atoms with Crippen molar-refractivity contribution in [2.24, 2.45) is 0 Å². The minimum atomic E-state index is -0.526. The predicted molar refractivity (Wildman–Crippen MR) is 76.8 cm³/mol. The van der Waals surface area contributed by atoms with Gasteiger partial charge in [0.1, 0.15) is 5.82 Å². The van der Waals surface area contributed by atoms with Gasteiger partial charge in [-0.15, -0.1) is 0 Å². The van der Waals surface area contributed by atoms with Crippen LogP contribution in [0.1, 0.15) is 5.56 Å². The maximum atomic E-state index is 13.6. The molecule has 0 aliphatic rings. The molecule has 2 rings (SSSR count). The minimum absolute atomic E-state index is 0.0866. The number of nitrogens with one attached hydrogen (secondary N) is 1. The van der Waals surface area contributed by atoms with Crippen LogP contribution in [0.4, 0.5) is 15.8 Å². The zero-order chi connectivity index (χ0) is 14.7.